The van der Waals surface area contributed by atoms with Gasteiger partial charge in [0.2, 0.25) is 0 Å². The second-order valence-corrected chi connectivity index (χ2v) is 8.79. The molecule has 5 rings (SSSR count). The molecule has 5 aromatic carbocycles. The molecule has 0 atom stereocenters. The molecule has 0 aromatic heterocycles. The quantitative estimate of drug-likeness (QED) is 0.189. The van der Waals surface area contributed by atoms with Crippen molar-refractivity contribution in [3.05, 3.63) is 161 Å². The van der Waals surface area contributed by atoms with Gasteiger partial charge in [0.25, 0.3) is 0 Å². The molecule has 0 saturated carbocycles. The summed E-state index contributed by atoms with van der Waals surface area (Å²) in [6.07, 6.45) is 3.63. The monoisotopic (exact) mass is 464 g/mol. The van der Waals surface area contributed by atoms with Gasteiger partial charge in [0, 0.05) is 23.3 Å². The molecule has 0 heterocycles. The van der Waals surface area contributed by atoms with Crippen LogP contribution in [0.2, 0.25) is 0 Å². The third kappa shape index (κ3) is 5.18. The fourth-order valence-corrected chi connectivity index (χ4v) is 4.32. The van der Waals surface area contributed by atoms with E-state index in [1.54, 1.807) is 0 Å². The third-order valence-corrected chi connectivity index (χ3v) is 6.24. The van der Waals surface area contributed by atoms with Crippen LogP contribution in [0.1, 0.15) is 27.8 Å². The SMILES string of the molecule is Cc1ccc(N(c2ccc(C=N)cc2)c2ccc(C=C(c3ccccc3)c3ccccc3)cc2)cc1. The number of rotatable bonds is 7. The molecule has 0 fully saturated rings. The summed E-state index contributed by atoms with van der Waals surface area (Å²) in [7, 11) is 0. The van der Waals surface area contributed by atoms with Crippen LogP contribution in [0.25, 0.3) is 11.6 Å². The van der Waals surface area contributed by atoms with Gasteiger partial charge in [-0.15, -0.1) is 0 Å². The van der Waals surface area contributed by atoms with Crippen LogP contribution < -0.4 is 4.90 Å². The predicted molar refractivity (Wildman–Crippen MR) is 154 cm³/mol. The molecule has 36 heavy (non-hydrogen) atoms. The number of hydrogen-bond acceptors (Lipinski definition) is 2. The standard InChI is InChI=1S/C34H28N2/c1-26-12-18-31(19-13-26)36(33-22-16-28(25-35)17-23-33)32-20-14-27(15-21-32)24-34(29-8-4-2-5-9-29)30-10-6-3-7-11-30/h2-25,35H,1H3. The molecular formula is C34H28N2. The van der Waals surface area contributed by atoms with Gasteiger partial charge >= 0.3 is 0 Å². The van der Waals surface area contributed by atoms with Crippen molar-refractivity contribution in [1.29, 1.82) is 5.41 Å². The Morgan fingerprint density at radius 3 is 1.39 bits per heavy atom. The fraction of sp³-hybridized carbons (Fsp3) is 0.0294. The van der Waals surface area contributed by atoms with E-state index in [4.69, 9.17) is 5.41 Å². The molecule has 0 aliphatic heterocycles. The minimum absolute atomic E-state index is 0.887. The Morgan fingerprint density at radius 1 is 0.528 bits per heavy atom. The molecule has 0 radical (unpaired) electrons. The van der Waals surface area contributed by atoms with E-state index in [-0.39, 0.29) is 0 Å². The van der Waals surface area contributed by atoms with Crippen LogP contribution in [0, 0.1) is 12.3 Å². The van der Waals surface area contributed by atoms with Crippen molar-refractivity contribution in [1.82, 2.24) is 0 Å². The van der Waals surface area contributed by atoms with E-state index < -0.39 is 0 Å². The lowest BCUT2D eigenvalue weighted by atomic mass is 9.95. The van der Waals surface area contributed by atoms with Gasteiger partial charge in [-0.05, 0) is 77.2 Å². The number of nitrogens with zero attached hydrogens (tertiary/aromatic N) is 1. The summed E-state index contributed by atoms with van der Waals surface area (Å²) in [6, 6.07) is 46.4. The Kier molecular flexibility index (Phi) is 6.86. The summed E-state index contributed by atoms with van der Waals surface area (Å²) in [6.45, 7) is 2.10. The lowest BCUT2D eigenvalue weighted by Crippen LogP contribution is -2.10. The maximum atomic E-state index is 7.53. The molecular weight excluding hydrogens is 436 g/mol. The second kappa shape index (κ2) is 10.7. The average Bonchev–Trinajstić information content (AvgIpc) is 2.95. The van der Waals surface area contributed by atoms with Gasteiger partial charge < -0.3 is 10.3 Å². The zero-order chi connectivity index (χ0) is 24.7. The van der Waals surface area contributed by atoms with Crippen molar-refractivity contribution in [2.45, 2.75) is 6.92 Å². The first kappa shape index (κ1) is 23.1. The van der Waals surface area contributed by atoms with Gasteiger partial charge in [-0.2, -0.15) is 0 Å². The average molecular weight is 465 g/mol. The third-order valence-electron chi connectivity index (χ3n) is 6.24. The summed E-state index contributed by atoms with van der Waals surface area (Å²) in [4.78, 5) is 2.25. The molecule has 0 aliphatic rings. The summed E-state index contributed by atoms with van der Waals surface area (Å²) in [5.74, 6) is 0. The largest absolute Gasteiger partial charge is 0.311 e. The van der Waals surface area contributed by atoms with Gasteiger partial charge in [0.05, 0.1) is 0 Å². The zero-order valence-electron chi connectivity index (χ0n) is 20.3. The van der Waals surface area contributed by atoms with Crippen LogP contribution in [0.15, 0.2) is 133 Å². The highest BCUT2D eigenvalue weighted by molar-refractivity contribution is 5.91. The molecule has 174 valence electrons. The first-order valence-corrected chi connectivity index (χ1v) is 12.1. The van der Waals surface area contributed by atoms with E-state index >= 15 is 0 Å². The summed E-state index contributed by atoms with van der Waals surface area (Å²) < 4.78 is 0. The van der Waals surface area contributed by atoms with Crippen LogP contribution in [0.5, 0.6) is 0 Å². The van der Waals surface area contributed by atoms with Crippen molar-refractivity contribution >= 4 is 34.9 Å². The maximum absolute atomic E-state index is 7.53. The van der Waals surface area contributed by atoms with Gasteiger partial charge in [-0.25, -0.2) is 0 Å². The highest BCUT2D eigenvalue weighted by Gasteiger charge is 2.12. The van der Waals surface area contributed by atoms with E-state index in [2.05, 4.69) is 139 Å². The first-order chi connectivity index (χ1) is 17.7. The molecule has 5 aromatic rings. The summed E-state index contributed by atoms with van der Waals surface area (Å²) >= 11 is 0. The molecule has 2 heteroatoms. The normalized spacial score (nSPS) is 10.5. The molecule has 0 aliphatic carbocycles. The number of hydrogen-bond donors (Lipinski definition) is 1. The van der Waals surface area contributed by atoms with Gasteiger partial charge in [0.15, 0.2) is 0 Å². The minimum atomic E-state index is 0.887. The topological polar surface area (TPSA) is 27.1 Å². The van der Waals surface area contributed by atoms with E-state index in [9.17, 15) is 0 Å². The number of aryl methyl sites for hydroxylation is 1. The first-order valence-electron chi connectivity index (χ1n) is 12.1. The van der Waals surface area contributed by atoms with E-state index in [1.165, 1.54) is 28.5 Å². The van der Waals surface area contributed by atoms with E-state index in [0.29, 0.717) is 0 Å². The molecule has 0 saturated heterocycles. The summed E-state index contributed by atoms with van der Waals surface area (Å²) in [5.41, 5.74) is 10.1. The van der Waals surface area contributed by atoms with Crippen LogP contribution in [0.3, 0.4) is 0 Å². The molecule has 0 amide bonds. The van der Waals surface area contributed by atoms with Crippen LogP contribution in [-0.4, -0.2) is 6.21 Å². The van der Waals surface area contributed by atoms with Crippen molar-refractivity contribution in [3.8, 4) is 0 Å². The Hall–Kier alpha value is -4.69. The van der Waals surface area contributed by atoms with Crippen LogP contribution in [0.4, 0.5) is 17.1 Å². The number of nitrogens with one attached hydrogen (secondary N) is 1. The van der Waals surface area contributed by atoms with Gasteiger partial charge in [-0.3, -0.25) is 0 Å². The lowest BCUT2D eigenvalue weighted by molar-refractivity contribution is 1.27. The number of benzene rings is 5. The summed E-state index contributed by atoms with van der Waals surface area (Å²) in [5, 5.41) is 7.53. The smallest absolute Gasteiger partial charge is 0.0462 e. The molecule has 0 unspecified atom stereocenters. The molecule has 1 N–H and O–H groups in total. The van der Waals surface area contributed by atoms with E-state index in [0.717, 1.165) is 28.2 Å². The Labute approximate surface area is 213 Å². The fourth-order valence-electron chi connectivity index (χ4n) is 4.32. The predicted octanol–water partition coefficient (Wildman–Crippen LogP) is 9.05. The van der Waals surface area contributed by atoms with Crippen LogP contribution >= 0.6 is 0 Å². The van der Waals surface area contributed by atoms with Gasteiger partial charge in [0.1, 0.15) is 0 Å². The lowest BCUT2D eigenvalue weighted by Gasteiger charge is -2.26. The molecule has 0 bridgehead atoms. The molecule has 2 nitrogen and oxygen atoms in total. The molecule has 0 spiro atoms. The van der Waals surface area contributed by atoms with E-state index in [1.807, 2.05) is 12.1 Å². The van der Waals surface area contributed by atoms with Crippen molar-refractivity contribution < 1.29 is 0 Å². The highest BCUT2D eigenvalue weighted by Crippen LogP contribution is 2.35. The van der Waals surface area contributed by atoms with Crippen molar-refractivity contribution in [2.24, 2.45) is 0 Å². The van der Waals surface area contributed by atoms with Crippen molar-refractivity contribution in [3.63, 3.8) is 0 Å². The minimum Gasteiger partial charge on any atom is -0.311 e. The Balaban J connectivity index is 1.55. The van der Waals surface area contributed by atoms with Crippen molar-refractivity contribution in [2.75, 3.05) is 4.90 Å². The van der Waals surface area contributed by atoms with Crippen LogP contribution in [-0.2, 0) is 0 Å². The van der Waals surface area contributed by atoms with Gasteiger partial charge in [-0.1, -0.05) is 103 Å². The number of anilines is 3. The maximum Gasteiger partial charge on any atom is 0.0462 e. The highest BCUT2D eigenvalue weighted by atomic mass is 15.1. The Bertz CT molecular complexity index is 1410. The Morgan fingerprint density at radius 2 is 0.944 bits per heavy atom. The second-order valence-electron chi connectivity index (χ2n) is 8.79. The zero-order valence-corrected chi connectivity index (χ0v) is 20.3.